The molecular formula is C11H10N6. The topological polar surface area (TPSA) is 79.4 Å². The molecule has 0 spiro atoms. The number of nitrogens with one attached hydrogen (secondary N) is 2. The Kier molecular flexibility index (Phi) is 2.38. The molecule has 3 aromatic rings. The van der Waals surface area contributed by atoms with E-state index in [1.807, 2.05) is 30.3 Å². The molecule has 0 radical (unpaired) electrons. The molecule has 0 aliphatic carbocycles. The minimum atomic E-state index is 0.532. The summed E-state index contributed by atoms with van der Waals surface area (Å²) in [5.41, 5.74) is 1.98. The predicted molar refractivity (Wildman–Crippen MR) is 63.2 cm³/mol. The molecule has 0 aliphatic heterocycles. The van der Waals surface area contributed by atoms with Crippen LogP contribution in [0, 0.1) is 0 Å². The highest BCUT2D eigenvalue weighted by atomic mass is 15.5. The van der Waals surface area contributed by atoms with Crippen molar-refractivity contribution in [2.75, 3.05) is 5.32 Å². The molecule has 84 valence electrons. The van der Waals surface area contributed by atoms with Crippen LogP contribution < -0.4 is 5.32 Å². The number of anilines is 1. The van der Waals surface area contributed by atoms with Crippen molar-refractivity contribution in [1.29, 1.82) is 0 Å². The summed E-state index contributed by atoms with van der Waals surface area (Å²) in [5.74, 6) is 0.630. The first-order chi connectivity index (χ1) is 8.43. The van der Waals surface area contributed by atoms with Gasteiger partial charge in [-0.3, -0.25) is 4.98 Å². The number of tetrazole rings is 1. The maximum atomic E-state index is 4.30. The minimum Gasteiger partial charge on any atom is -0.377 e. The lowest BCUT2D eigenvalue weighted by molar-refractivity contribution is 0.881. The molecule has 0 saturated carbocycles. The van der Waals surface area contributed by atoms with Gasteiger partial charge in [-0.2, -0.15) is 5.21 Å². The highest BCUT2D eigenvalue weighted by Crippen LogP contribution is 2.20. The zero-order valence-electron chi connectivity index (χ0n) is 8.96. The smallest absolute Gasteiger partial charge is 0.193 e. The van der Waals surface area contributed by atoms with E-state index in [-0.39, 0.29) is 0 Å². The van der Waals surface area contributed by atoms with Gasteiger partial charge < -0.3 is 5.32 Å². The SMILES string of the molecule is c1ccc2c(NCc3nn[nH]n3)ccnc2c1. The van der Waals surface area contributed by atoms with Crippen LogP contribution in [0.2, 0.25) is 0 Å². The third kappa shape index (κ3) is 1.92. The summed E-state index contributed by atoms with van der Waals surface area (Å²) >= 11 is 0. The number of fused-ring (bicyclic) bond motifs is 1. The van der Waals surface area contributed by atoms with Gasteiger partial charge in [-0.25, -0.2) is 0 Å². The van der Waals surface area contributed by atoms with Gasteiger partial charge in [0.25, 0.3) is 0 Å². The number of hydrogen-bond donors (Lipinski definition) is 2. The molecular weight excluding hydrogens is 216 g/mol. The summed E-state index contributed by atoms with van der Waals surface area (Å²) in [6.45, 7) is 0.532. The van der Waals surface area contributed by atoms with Crippen molar-refractivity contribution in [2.45, 2.75) is 6.54 Å². The first kappa shape index (κ1) is 9.71. The van der Waals surface area contributed by atoms with Crippen LogP contribution in [0.5, 0.6) is 0 Å². The largest absolute Gasteiger partial charge is 0.377 e. The number of H-pyrrole nitrogens is 1. The van der Waals surface area contributed by atoms with Crippen LogP contribution in [0.1, 0.15) is 5.82 Å². The van der Waals surface area contributed by atoms with Gasteiger partial charge in [-0.15, -0.1) is 10.2 Å². The Balaban J connectivity index is 1.90. The Morgan fingerprint density at radius 1 is 1.18 bits per heavy atom. The number of rotatable bonds is 3. The van der Waals surface area contributed by atoms with Crippen molar-refractivity contribution in [2.24, 2.45) is 0 Å². The van der Waals surface area contributed by atoms with E-state index in [4.69, 9.17) is 0 Å². The van der Waals surface area contributed by atoms with E-state index < -0.39 is 0 Å². The molecule has 0 amide bonds. The number of hydrogen-bond acceptors (Lipinski definition) is 5. The second-order valence-corrected chi connectivity index (χ2v) is 3.56. The van der Waals surface area contributed by atoms with Crippen molar-refractivity contribution in [3.63, 3.8) is 0 Å². The summed E-state index contributed by atoms with van der Waals surface area (Å²) in [6.07, 6.45) is 1.78. The standard InChI is InChI=1S/C11H10N6/c1-2-4-9-8(3-1)10(5-6-12-9)13-7-11-14-16-17-15-11/h1-6H,7H2,(H,12,13)(H,14,15,16,17). The third-order valence-electron chi connectivity index (χ3n) is 2.48. The number of aromatic nitrogens is 5. The van der Waals surface area contributed by atoms with Crippen molar-refractivity contribution < 1.29 is 0 Å². The fraction of sp³-hybridized carbons (Fsp3) is 0.0909. The van der Waals surface area contributed by atoms with Crippen molar-refractivity contribution in [3.05, 3.63) is 42.4 Å². The molecule has 0 aliphatic rings. The Bertz CT molecular complexity index is 613. The molecule has 2 N–H and O–H groups in total. The Labute approximate surface area is 97.1 Å². The second-order valence-electron chi connectivity index (χ2n) is 3.56. The van der Waals surface area contributed by atoms with E-state index in [0.29, 0.717) is 12.4 Å². The van der Waals surface area contributed by atoms with Crippen molar-refractivity contribution >= 4 is 16.6 Å². The van der Waals surface area contributed by atoms with Gasteiger partial charge in [0.1, 0.15) is 0 Å². The van der Waals surface area contributed by atoms with E-state index in [1.165, 1.54) is 0 Å². The van der Waals surface area contributed by atoms with Crippen LogP contribution >= 0.6 is 0 Å². The maximum Gasteiger partial charge on any atom is 0.193 e. The van der Waals surface area contributed by atoms with Crippen molar-refractivity contribution in [3.8, 4) is 0 Å². The first-order valence-electron chi connectivity index (χ1n) is 5.23. The van der Waals surface area contributed by atoms with Crippen molar-refractivity contribution in [1.82, 2.24) is 25.6 Å². The summed E-state index contributed by atoms with van der Waals surface area (Å²) < 4.78 is 0. The van der Waals surface area contributed by atoms with Crippen LogP contribution in [0.3, 0.4) is 0 Å². The van der Waals surface area contributed by atoms with E-state index >= 15 is 0 Å². The lowest BCUT2D eigenvalue weighted by Crippen LogP contribution is -2.02. The fourth-order valence-corrected chi connectivity index (χ4v) is 1.68. The predicted octanol–water partition coefficient (Wildman–Crippen LogP) is 1.36. The highest BCUT2D eigenvalue weighted by Gasteiger charge is 2.02. The number of benzene rings is 1. The molecule has 17 heavy (non-hydrogen) atoms. The summed E-state index contributed by atoms with van der Waals surface area (Å²) in [6, 6.07) is 9.90. The Morgan fingerprint density at radius 2 is 2.12 bits per heavy atom. The number of aromatic amines is 1. The number of nitrogens with zero attached hydrogens (tertiary/aromatic N) is 4. The fourth-order valence-electron chi connectivity index (χ4n) is 1.68. The molecule has 0 fully saturated rings. The van der Waals surface area contributed by atoms with Gasteiger partial charge in [0.2, 0.25) is 0 Å². The zero-order chi connectivity index (χ0) is 11.5. The number of pyridine rings is 1. The normalized spacial score (nSPS) is 10.6. The Morgan fingerprint density at radius 3 is 3.00 bits per heavy atom. The maximum absolute atomic E-state index is 4.30. The van der Waals surface area contributed by atoms with Crippen LogP contribution in [0.25, 0.3) is 10.9 Å². The van der Waals surface area contributed by atoms with Gasteiger partial charge in [0.15, 0.2) is 5.82 Å². The quantitative estimate of drug-likeness (QED) is 0.705. The molecule has 2 heterocycles. The molecule has 3 rings (SSSR count). The van der Waals surface area contributed by atoms with E-state index in [9.17, 15) is 0 Å². The molecule has 6 nitrogen and oxygen atoms in total. The molecule has 2 aromatic heterocycles. The van der Waals surface area contributed by atoms with Gasteiger partial charge in [0, 0.05) is 17.3 Å². The average molecular weight is 226 g/mol. The number of para-hydroxylation sites is 1. The molecule has 0 unspecified atom stereocenters. The Hall–Kier alpha value is -2.50. The van der Waals surface area contributed by atoms with Gasteiger partial charge in [-0.05, 0) is 12.1 Å². The summed E-state index contributed by atoms with van der Waals surface area (Å²) in [7, 11) is 0. The summed E-state index contributed by atoms with van der Waals surface area (Å²) in [5, 5.41) is 18.0. The van der Waals surface area contributed by atoms with Crippen LogP contribution in [-0.4, -0.2) is 25.6 Å². The monoisotopic (exact) mass is 226 g/mol. The highest BCUT2D eigenvalue weighted by molar-refractivity contribution is 5.90. The molecule has 0 atom stereocenters. The van der Waals surface area contributed by atoms with Crippen LogP contribution in [0.15, 0.2) is 36.5 Å². The third-order valence-corrected chi connectivity index (χ3v) is 2.48. The lowest BCUT2D eigenvalue weighted by atomic mass is 10.2. The minimum absolute atomic E-state index is 0.532. The van der Waals surface area contributed by atoms with Gasteiger partial charge in [0.05, 0.1) is 12.1 Å². The van der Waals surface area contributed by atoms with Gasteiger partial charge >= 0.3 is 0 Å². The zero-order valence-corrected chi connectivity index (χ0v) is 8.96. The van der Waals surface area contributed by atoms with E-state index in [2.05, 4.69) is 30.9 Å². The molecule has 1 aromatic carbocycles. The molecule has 0 saturated heterocycles. The van der Waals surface area contributed by atoms with Crippen LogP contribution in [0.4, 0.5) is 5.69 Å². The second kappa shape index (κ2) is 4.17. The molecule has 0 bridgehead atoms. The van der Waals surface area contributed by atoms with E-state index in [1.54, 1.807) is 6.20 Å². The molecule has 6 heteroatoms. The summed E-state index contributed by atoms with van der Waals surface area (Å²) in [4.78, 5) is 4.30. The lowest BCUT2D eigenvalue weighted by Gasteiger charge is -2.06. The van der Waals surface area contributed by atoms with Gasteiger partial charge in [-0.1, -0.05) is 23.4 Å². The average Bonchev–Trinajstić information content (AvgIpc) is 2.89. The van der Waals surface area contributed by atoms with Crippen LogP contribution in [-0.2, 0) is 6.54 Å². The first-order valence-corrected chi connectivity index (χ1v) is 5.23. The van der Waals surface area contributed by atoms with E-state index in [0.717, 1.165) is 16.6 Å².